The second-order valence-corrected chi connectivity index (χ2v) is 6.54. The summed E-state index contributed by atoms with van der Waals surface area (Å²) in [6.07, 6.45) is 5.03. The maximum absolute atomic E-state index is 10.1. The molecule has 4 unspecified atom stereocenters. The lowest BCUT2D eigenvalue weighted by atomic mass is 9.93. The lowest BCUT2D eigenvalue weighted by Gasteiger charge is -2.16. The van der Waals surface area contributed by atoms with Crippen molar-refractivity contribution in [2.24, 2.45) is 0 Å². The van der Waals surface area contributed by atoms with Crippen LogP contribution in [0.15, 0.2) is 24.3 Å². The average molecular weight is 297 g/mol. The zero-order chi connectivity index (χ0) is 14.5. The number of rotatable bonds is 6. The summed E-state index contributed by atoms with van der Waals surface area (Å²) in [5, 5.41) is 20.2. The van der Waals surface area contributed by atoms with Crippen LogP contribution in [0, 0.1) is 0 Å². The number of unbranched alkanes of at least 4 members (excludes halogenated alkanes) is 2. The van der Waals surface area contributed by atoms with E-state index in [4.69, 9.17) is 11.6 Å². The van der Waals surface area contributed by atoms with Crippen LogP contribution < -0.4 is 0 Å². The molecule has 1 aliphatic rings. The Hall–Kier alpha value is -0.570. The zero-order valence-corrected chi connectivity index (χ0v) is 12.9. The van der Waals surface area contributed by atoms with Crippen LogP contribution in [0.3, 0.4) is 0 Å². The number of aliphatic hydroxyl groups is 2. The third-order valence-corrected chi connectivity index (χ3v) is 4.66. The molecule has 2 rings (SSSR count). The van der Waals surface area contributed by atoms with Crippen molar-refractivity contribution in [3.05, 3.63) is 35.4 Å². The predicted molar refractivity (Wildman–Crippen MR) is 83.2 cm³/mol. The molecule has 0 aromatic heterocycles. The molecule has 3 heteroatoms. The minimum Gasteiger partial charge on any atom is -0.392 e. The average Bonchev–Trinajstić information content (AvgIpc) is 2.78. The van der Waals surface area contributed by atoms with Crippen molar-refractivity contribution in [2.45, 2.75) is 69.0 Å². The quantitative estimate of drug-likeness (QED) is 0.612. The highest BCUT2D eigenvalue weighted by atomic mass is 35.5. The number of alkyl halides is 1. The number of hydrogen-bond donors (Lipinski definition) is 2. The summed E-state index contributed by atoms with van der Waals surface area (Å²) in [4.78, 5) is 0. The van der Waals surface area contributed by atoms with Crippen LogP contribution in [0.1, 0.15) is 68.6 Å². The number of aliphatic hydroxyl groups excluding tert-OH is 2. The SMILES string of the molecule is CCCCCC(O)c1ccc(C2CC(Cl)CC2O)cc1. The fraction of sp³-hybridized carbons (Fsp3) is 0.647. The molecule has 0 radical (unpaired) electrons. The minimum atomic E-state index is -0.370. The molecule has 1 saturated carbocycles. The first-order valence-electron chi connectivity index (χ1n) is 7.72. The third-order valence-electron chi connectivity index (χ3n) is 4.30. The van der Waals surface area contributed by atoms with Crippen LogP contribution in [-0.2, 0) is 0 Å². The molecule has 1 aromatic rings. The van der Waals surface area contributed by atoms with Crippen molar-refractivity contribution in [2.75, 3.05) is 0 Å². The van der Waals surface area contributed by atoms with Gasteiger partial charge in [0.05, 0.1) is 12.2 Å². The number of benzene rings is 1. The Morgan fingerprint density at radius 2 is 1.90 bits per heavy atom. The van der Waals surface area contributed by atoms with Gasteiger partial charge in [0.25, 0.3) is 0 Å². The van der Waals surface area contributed by atoms with E-state index in [0.29, 0.717) is 6.42 Å². The van der Waals surface area contributed by atoms with Crippen LogP contribution in [0.4, 0.5) is 0 Å². The molecule has 4 atom stereocenters. The minimum absolute atomic E-state index is 0.0781. The van der Waals surface area contributed by atoms with Crippen molar-refractivity contribution in [3.8, 4) is 0 Å². The first-order valence-corrected chi connectivity index (χ1v) is 8.15. The maximum Gasteiger partial charge on any atom is 0.0790 e. The van der Waals surface area contributed by atoms with Gasteiger partial charge in [-0.05, 0) is 30.4 Å². The summed E-state index contributed by atoms with van der Waals surface area (Å²) >= 11 is 6.10. The Bertz CT molecular complexity index is 404. The Morgan fingerprint density at radius 3 is 2.45 bits per heavy atom. The molecule has 1 fully saturated rings. The number of halogens is 1. The second kappa shape index (κ2) is 7.44. The van der Waals surface area contributed by atoms with Gasteiger partial charge in [-0.1, -0.05) is 50.5 Å². The van der Waals surface area contributed by atoms with E-state index in [1.807, 2.05) is 24.3 Å². The van der Waals surface area contributed by atoms with E-state index in [1.54, 1.807) is 0 Å². The normalized spacial score (nSPS) is 27.7. The Kier molecular flexibility index (Phi) is 5.88. The van der Waals surface area contributed by atoms with Crippen molar-refractivity contribution in [1.29, 1.82) is 0 Å². The van der Waals surface area contributed by atoms with Crippen LogP contribution in [0.2, 0.25) is 0 Å². The van der Waals surface area contributed by atoms with E-state index in [0.717, 1.165) is 30.4 Å². The van der Waals surface area contributed by atoms with Gasteiger partial charge >= 0.3 is 0 Å². The first-order chi connectivity index (χ1) is 9.61. The van der Waals surface area contributed by atoms with Gasteiger partial charge in [0.15, 0.2) is 0 Å². The zero-order valence-electron chi connectivity index (χ0n) is 12.1. The third kappa shape index (κ3) is 3.97. The van der Waals surface area contributed by atoms with Crippen molar-refractivity contribution in [3.63, 3.8) is 0 Å². The van der Waals surface area contributed by atoms with E-state index in [-0.39, 0.29) is 23.5 Å². The van der Waals surface area contributed by atoms with E-state index < -0.39 is 0 Å². The summed E-state index contributed by atoms with van der Waals surface area (Å²) in [6.45, 7) is 2.16. The summed E-state index contributed by atoms with van der Waals surface area (Å²) in [5.41, 5.74) is 2.10. The lowest BCUT2D eigenvalue weighted by Crippen LogP contribution is -2.11. The van der Waals surface area contributed by atoms with E-state index in [9.17, 15) is 10.2 Å². The monoisotopic (exact) mass is 296 g/mol. The standard InChI is InChI=1S/C17H25ClO2/c1-2-3-4-5-16(19)13-8-6-12(7-9-13)15-10-14(18)11-17(15)20/h6-9,14-17,19-20H,2-5,10-11H2,1H3. The molecule has 0 amide bonds. The molecule has 1 aromatic carbocycles. The van der Waals surface area contributed by atoms with Crippen molar-refractivity contribution in [1.82, 2.24) is 0 Å². The van der Waals surface area contributed by atoms with E-state index >= 15 is 0 Å². The highest BCUT2D eigenvalue weighted by Crippen LogP contribution is 2.37. The molecule has 0 spiro atoms. The van der Waals surface area contributed by atoms with Gasteiger partial charge in [-0.25, -0.2) is 0 Å². The largest absolute Gasteiger partial charge is 0.392 e. The van der Waals surface area contributed by atoms with E-state index in [1.165, 1.54) is 12.8 Å². The highest BCUT2D eigenvalue weighted by Gasteiger charge is 2.32. The van der Waals surface area contributed by atoms with Gasteiger partial charge in [-0.3, -0.25) is 0 Å². The molecule has 0 heterocycles. The Labute approximate surface area is 126 Å². The predicted octanol–water partition coefficient (Wildman–Crippen LogP) is 4.15. The second-order valence-electron chi connectivity index (χ2n) is 5.92. The van der Waals surface area contributed by atoms with Crippen LogP contribution in [0.25, 0.3) is 0 Å². The summed E-state index contributed by atoms with van der Waals surface area (Å²) < 4.78 is 0. The van der Waals surface area contributed by atoms with Gasteiger partial charge in [-0.15, -0.1) is 11.6 Å². The molecule has 0 aliphatic heterocycles. The number of hydrogen-bond acceptors (Lipinski definition) is 2. The smallest absolute Gasteiger partial charge is 0.0790 e. The Balaban J connectivity index is 1.95. The fourth-order valence-corrected chi connectivity index (χ4v) is 3.41. The molecule has 1 aliphatic carbocycles. The first kappa shape index (κ1) is 15.8. The molecule has 2 nitrogen and oxygen atoms in total. The molecule has 0 bridgehead atoms. The van der Waals surface area contributed by atoms with Crippen molar-refractivity contribution >= 4 is 11.6 Å². The molecule has 0 saturated heterocycles. The lowest BCUT2D eigenvalue weighted by molar-refractivity contribution is 0.162. The molecular weight excluding hydrogens is 272 g/mol. The molecular formula is C17H25ClO2. The van der Waals surface area contributed by atoms with Crippen LogP contribution in [-0.4, -0.2) is 21.7 Å². The molecule has 20 heavy (non-hydrogen) atoms. The highest BCUT2D eigenvalue weighted by molar-refractivity contribution is 6.20. The molecule has 2 N–H and O–H groups in total. The van der Waals surface area contributed by atoms with Crippen LogP contribution >= 0.6 is 11.6 Å². The van der Waals surface area contributed by atoms with Gasteiger partial charge in [0.2, 0.25) is 0 Å². The topological polar surface area (TPSA) is 40.5 Å². The van der Waals surface area contributed by atoms with Gasteiger partial charge in [0.1, 0.15) is 0 Å². The van der Waals surface area contributed by atoms with Gasteiger partial charge in [0, 0.05) is 11.3 Å². The van der Waals surface area contributed by atoms with Crippen molar-refractivity contribution < 1.29 is 10.2 Å². The summed E-state index contributed by atoms with van der Waals surface area (Å²) in [6, 6.07) is 8.03. The Morgan fingerprint density at radius 1 is 1.20 bits per heavy atom. The van der Waals surface area contributed by atoms with Gasteiger partial charge < -0.3 is 10.2 Å². The summed E-state index contributed by atoms with van der Waals surface area (Å²) in [7, 11) is 0. The van der Waals surface area contributed by atoms with Crippen LogP contribution in [0.5, 0.6) is 0 Å². The molecule has 112 valence electrons. The summed E-state index contributed by atoms with van der Waals surface area (Å²) in [5.74, 6) is 0.142. The van der Waals surface area contributed by atoms with E-state index in [2.05, 4.69) is 6.92 Å². The fourth-order valence-electron chi connectivity index (χ4n) is 3.03. The maximum atomic E-state index is 10.1. The van der Waals surface area contributed by atoms with Gasteiger partial charge in [-0.2, -0.15) is 0 Å².